The van der Waals surface area contributed by atoms with Gasteiger partial charge in [-0.2, -0.15) is 0 Å². The summed E-state index contributed by atoms with van der Waals surface area (Å²) in [4.78, 5) is 9.67. The molecule has 5 rings (SSSR count). The van der Waals surface area contributed by atoms with Gasteiger partial charge in [0.15, 0.2) is 0 Å². The van der Waals surface area contributed by atoms with Crippen molar-refractivity contribution >= 4 is 28.1 Å². The molecule has 1 aromatic carbocycles. The van der Waals surface area contributed by atoms with Gasteiger partial charge in [0.1, 0.15) is 0 Å². The fraction of sp³-hybridized carbons (Fsp3) is 0.541. The molecule has 0 bridgehead atoms. The Morgan fingerprint density at radius 1 is 1.05 bits per heavy atom. The highest BCUT2D eigenvalue weighted by atomic mass is 35.5. The topological polar surface area (TPSA) is 31.9 Å². The van der Waals surface area contributed by atoms with Crippen molar-refractivity contribution in [3.8, 4) is 0 Å². The van der Waals surface area contributed by atoms with Crippen LogP contribution in [0.25, 0.3) is 16.5 Å². The highest BCUT2D eigenvalue weighted by molar-refractivity contribution is 6.31. The number of aromatic nitrogens is 2. The largest absolute Gasteiger partial charge is 0.355 e. The normalized spacial score (nSPS) is 14.2. The molecule has 3 heterocycles. The Morgan fingerprint density at radius 3 is 2.05 bits per heavy atom. The summed E-state index contributed by atoms with van der Waals surface area (Å²) >= 11 is 5.91. The van der Waals surface area contributed by atoms with Crippen LogP contribution in [0.4, 0.5) is 0 Å². The van der Waals surface area contributed by atoms with Crippen molar-refractivity contribution in [2.75, 3.05) is 20.1 Å². The van der Waals surface area contributed by atoms with E-state index in [1.54, 1.807) is 12.4 Å². The maximum absolute atomic E-state index is 5.91. The molecule has 0 radical (unpaired) electrons. The van der Waals surface area contributed by atoms with E-state index in [1.807, 2.05) is 54.5 Å². The van der Waals surface area contributed by atoms with E-state index in [0.717, 1.165) is 34.0 Å². The standard InChI is InChI=1S/C12H13N.C9H12ClN.C8H15N.3C2H6.C2H4/c1-8(2)12-7-10-6-9(3)4-5-11(10)13-12;1-7(2)5-8-3-4-11-6-9(8)10;1-7-3-8(4-7)5-9(2)6-8;4*1-2/h4-7,13H,1H2,2-3H3;3-4,6-7H,5H2,1-2H3;7H,3-6H2,1-2H3;3*1-2H3;1-2H2. The van der Waals surface area contributed by atoms with Gasteiger partial charge in [-0.25, -0.2) is 0 Å². The Hall–Kier alpha value is -2.36. The quantitative estimate of drug-likeness (QED) is 0.311. The van der Waals surface area contributed by atoms with Crippen molar-refractivity contribution in [1.82, 2.24) is 14.9 Å². The Kier molecular flexibility index (Phi) is 22.1. The Morgan fingerprint density at radius 2 is 1.61 bits per heavy atom. The second-order valence-corrected chi connectivity index (χ2v) is 11.2. The minimum Gasteiger partial charge on any atom is -0.355 e. The van der Waals surface area contributed by atoms with E-state index < -0.39 is 0 Å². The zero-order chi connectivity index (χ0) is 32.2. The first-order valence-corrected chi connectivity index (χ1v) is 16.0. The van der Waals surface area contributed by atoms with E-state index in [9.17, 15) is 0 Å². The molecule has 0 unspecified atom stereocenters. The molecule has 1 saturated heterocycles. The molecular weight excluding hydrogens is 522 g/mol. The smallest absolute Gasteiger partial charge is 0.0621 e. The van der Waals surface area contributed by atoms with Gasteiger partial charge in [0, 0.05) is 42.1 Å². The van der Waals surface area contributed by atoms with Crippen LogP contribution in [0.2, 0.25) is 5.02 Å². The van der Waals surface area contributed by atoms with Crippen LogP contribution in [0.3, 0.4) is 0 Å². The number of pyridine rings is 1. The molecule has 1 saturated carbocycles. The van der Waals surface area contributed by atoms with Crippen molar-refractivity contribution in [2.45, 2.75) is 95.4 Å². The molecule has 232 valence electrons. The highest BCUT2D eigenvalue weighted by Crippen LogP contribution is 2.50. The summed E-state index contributed by atoms with van der Waals surface area (Å²) in [6.45, 7) is 35.5. The summed E-state index contributed by atoms with van der Waals surface area (Å²) in [6.07, 6.45) is 7.50. The van der Waals surface area contributed by atoms with E-state index in [-0.39, 0.29) is 0 Å². The van der Waals surface area contributed by atoms with Crippen LogP contribution in [0.15, 0.2) is 62.5 Å². The first-order valence-electron chi connectivity index (χ1n) is 15.6. The third-order valence-electron chi connectivity index (χ3n) is 6.49. The molecule has 1 spiro atoms. The summed E-state index contributed by atoms with van der Waals surface area (Å²) in [7, 11) is 2.22. The summed E-state index contributed by atoms with van der Waals surface area (Å²) in [5, 5.41) is 2.04. The third kappa shape index (κ3) is 14.4. The number of halogens is 1. The number of nitrogens with zero attached hydrogens (tertiary/aromatic N) is 2. The molecule has 2 aliphatic rings. The number of allylic oxidation sites excluding steroid dienone is 1. The van der Waals surface area contributed by atoms with Crippen molar-refractivity contribution in [3.63, 3.8) is 0 Å². The number of nitrogens with one attached hydrogen (secondary N) is 1. The monoisotopic (exact) mass is 583 g/mol. The molecule has 1 aliphatic carbocycles. The third-order valence-corrected chi connectivity index (χ3v) is 6.83. The Bertz CT molecular complexity index is 1070. The second-order valence-electron chi connectivity index (χ2n) is 10.8. The lowest BCUT2D eigenvalue weighted by Gasteiger charge is -2.57. The zero-order valence-electron chi connectivity index (χ0n) is 28.6. The summed E-state index contributed by atoms with van der Waals surface area (Å²) in [6, 6.07) is 10.5. The van der Waals surface area contributed by atoms with Crippen LogP contribution in [-0.2, 0) is 6.42 Å². The molecule has 2 aromatic heterocycles. The highest BCUT2D eigenvalue weighted by Gasteiger charge is 2.49. The first kappa shape index (κ1) is 40.8. The van der Waals surface area contributed by atoms with Gasteiger partial charge in [-0.05, 0) is 92.8 Å². The zero-order valence-corrected chi connectivity index (χ0v) is 29.4. The number of hydrogen-bond donors (Lipinski definition) is 1. The number of likely N-dealkylation sites (tertiary alicyclic amines) is 1. The number of aromatic amines is 1. The van der Waals surface area contributed by atoms with Crippen molar-refractivity contribution in [1.29, 1.82) is 0 Å². The number of fused-ring (bicyclic) bond motifs is 1. The van der Waals surface area contributed by atoms with Gasteiger partial charge in [-0.3, -0.25) is 4.98 Å². The number of rotatable bonds is 3. The molecule has 3 nitrogen and oxygen atoms in total. The minimum atomic E-state index is 0.648. The lowest BCUT2D eigenvalue weighted by molar-refractivity contribution is -0.0758. The van der Waals surface area contributed by atoms with Crippen molar-refractivity contribution in [3.05, 3.63) is 84.3 Å². The second kappa shape index (κ2) is 22.3. The lowest BCUT2D eigenvalue weighted by atomic mass is 9.58. The molecule has 3 aromatic rings. The van der Waals surface area contributed by atoms with Crippen LogP contribution >= 0.6 is 11.6 Å². The molecule has 1 N–H and O–H groups in total. The molecule has 4 heteroatoms. The van der Waals surface area contributed by atoms with E-state index in [0.29, 0.717) is 5.92 Å². The van der Waals surface area contributed by atoms with Gasteiger partial charge in [0.05, 0.1) is 5.02 Å². The SMILES string of the molecule is C=C.C=C(C)c1cc2cc(C)ccc2[nH]1.CC.CC.CC.CC(C)Cc1ccncc1Cl.CC1CC2(C1)CN(C)C2. The fourth-order valence-electron chi connectivity index (χ4n) is 5.27. The van der Waals surface area contributed by atoms with Crippen LogP contribution in [-0.4, -0.2) is 35.0 Å². The summed E-state index contributed by atoms with van der Waals surface area (Å²) in [5.41, 5.74) is 6.68. The predicted molar refractivity (Wildman–Crippen MR) is 189 cm³/mol. The number of aryl methyl sites for hydroxylation is 1. The molecule has 41 heavy (non-hydrogen) atoms. The maximum Gasteiger partial charge on any atom is 0.0621 e. The van der Waals surface area contributed by atoms with E-state index >= 15 is 0 Å². The lowest BCUT2D eigenvalue weighted by Crippen LogP contribution is -2.60. The van der Waals surface area contributed by atoms with Crippen LogP contribution in [0.1, 0.15) is 98.9 Å². The molecular formula is C37H62ClN3. The number of hydrogen-bond acceptors (Lipinski definition) is 2. The van der Waals surface area contributed by atoms with Gasteiger partial charge in [-0.15, -0.1) is 13.2 Å². The molecule has 0 atom stereocenters. The van der Waals surface area contributed by atoms with Crippen LogP contribution < -0.4 is 0 Å². The molecule has 0 amide bonds. The maximum atomic E-state index is 5.91. The van der Waals surface area contributed by atoms with Gasteiger partial charge in [0.25, 0.3) is 0 Å². The van der Waals surface area contributed by atoms with Crippen LogP contribution in [0, 0.1) is 24.2 Å². The van der Waals surface area contributed by atoms with Crippen molar-refractivity contribution < 1.29 is 0 Å². The van der Waals surface area contributed by atoms with E-state index in [4.69, 9.17) is 11.6 Å². The first-order chi connectivity index (χ1) is 19.6. The van der Waals surface area contributed by atoms with Gasteiger partial charge >= 0.3 is 0 Å². The van der Waals surface area contributed by atoms with E-state index in [2.05, 4.69) is 93.6 Å². The Balaban J connectivity index is 0. The van der Waals surface area contributed by atoms with Gasteiger partial charge in [-0.1, -0.05) is 92.1 Å². The Labute approximate surface area is 259 Å². The van der Waals surface area contributed by atoms with E-state index in [1.165, 1.54) is 48.0 Å². The predicted octanol–water partition coefficient (Wildman–Crippen LogP) is 11.7. The fourth-order valence-corrected chi connectivity index (χ4v) is 5.46. The average molecular weight is 584 g/mol. The van der Waals surface area contributed by atoms with Gasteiger partial charge in [0.2, 0.25) is 0 Å². The average Bonchev–Trinajstić information content (AvgIpc) is 3.37. The summed E-state index contributed by atoms with van der Waals surface area (Å²) in [5.74, 6) is 1.67. The summed E-state index contributed by atoms with van der Waals surface area (Å²) < 4.78 is 0. The minimum absolute atomic E-state index is 0.648. The number of H-pyrrole nitrogens is 1. The van der Waals surface area contributed by atoms with Gasteiger partial charge < -0.3 is 9.88 Å². The molecule has 2 fully saturated rings. The number of benzene rings is 1. The van der Waals surface area contributed by atoms with Crippen molar-refractivity contribution in [2.24, 2.45) is 17.3 Å². The molecule has 1 aliphatic heterocycles. The van der Waals surface area contributed by atoms with Crippen LogP contribution in [0.5, 0.6) is 0 Å².